The van der Waals surface area contributed by atoms with E-state index in [1.54, 1.807) is 18.2 Å². The molecule has 5 heterocycles. The number of unbranched alkanes of at least 4 members (excludes halogenated alkanes) is 7. The summed E-state index contributed by atoms with van der Waals surface area (Å²) in [7, 11) is 0. The van der Waals surface area contributed by atoms with Gasteiger partial charge in [-0.2, -0.15) is 5.10 Å². The lowest BCUT2D eigenvalue weighted by Crippen LogP contribution is -2.54. The van der Waals surface area contributed by atoms with E-state index in [2.05, 4.69) is 20.6 Å². The Kier molecular flexibility index (Phi) is 12.6. The average molecular weight is 826 g/mol. The first-order valence-electron chi connectivity index (χ1n) is 21.4. The van der Waals surface area contributed by atoms with Crippen LogP contribution >= 0.6 is 0 Å². The average Bonchev–Trinajstić information content (AvgIpc) is 3.78. The van der Waals surface area contributed by atoms with Gasteiger partial charge in [0.15, 0.2) is 5.65 Å². The Morgan fingerprint density at radius 3 is 2.31 bits per heavy atom. The highest BCUT2D eigenvalue weighted by atomic mass is 16.5. The van der Waals surface area contributed by atoms with Crippen molar-refractivity contribution in [3.63, 3.8) is 0 Å². The smallest absolute Gasteiger partial charge is 0.262 e. The maximum Gasteiger partial charge on any atom is 0.262 e. The molecule has 2 atom stereocenters. The lowest BCUT2D eigenvalue weighted by atomic mass is 10.0. The van der Waals surface area contributed by atoms with Crippen LogP contribution in [0.5, 0.6) is 11.5 Å². The predicted molar refractivity (Wildman–Crippen MR) is 230 cm³/mol. The van der Waals surface area contributed by atoms with Crippen molar-refractivity contribution < 1.29 is 28.7 Å². The molecule has 15 heteroatoms. The first-order valence-corrected chi connectivity index (χ1v) is 21.4. The van der Waals surface area contributed by atoms with E-state index in [-0.39, 0.29) is 35.9 Å². The minimum Gasteiger partial charge on any atom is -0.457 e. The second-order valence-electron chi connectivity index (χ2n) is 16.0. The van der Waals surface area contributed by atoms with Gasteiger partial charge in [0, 0.05) is 43.7 Å². The summed E-state index contributed by atoms with van der Waals surface area (Å²) >= 11 is 0. The highest BCUT2D eigenvalue weighted by Crippen LogP contribution is 2.35. The number of nitrogens with two attached hydrogens (primary N) is 1. The molecule has 0 saturated carbocycles. The Balaban J connectivity index is 0.735. The van der Waals surface area contributed by atoms with E-state index in [0.717, 1.165) is 99.2 Å². The summed E-state index contributed by atoms with van der Waals surface area (Å²) < 4.78 is 7.92. The van der Waals surface area contributed by atoms with E-state index in [9.17, 15) is 24.0 Å². The highest BCUT2D eigenvalue weighted by Gasteiger charge is 2.44. The maximum absolute atomic E-state index is 13.4. The predicted octanol–water partition coefficient (Wildman–Crippen LogP) is 7.06. The van der Waals surface area contributed by atoms with E-state index in [0.29, 0.717) is 41.3 Å². The van der Waals surface area contributed by atoms with Gasteiger partial charge in [-0.1, -0.05) is 56.7 Å². The lowest BCUT2D eigenvalue weighted by Gasteiger charge is -2.33. The van der Waals surface area contributed by atoms with Crippen LogP contribution in [0.3, 0.4) is 0 Å². The van der Waals surface area contributed by atoms with Crippen LogP contribution in [0.4, 0.5) is 11.5 Å². The van der Waals surface area contributed by atoms with E-state index in [1.165, 1.54) is 6.33 Å². The zero-order valence-electron chi connectivity index (χ0n) is 34.2. The Hall–Kier alpha value is -6.64. The summed E-state index contributed by atoms with van der Waals surface area (Å²) in [5.74, 6) is -0.00128. The number of ether oxygens (including phenoxy) is 1. The number of anilines is 2. The molecule has 0 spiro atoms. The van der Waals surface area contributed by atoms with Crippen LogP contribution in [-0.2, 0) is 14.4 Å². The number of aromatic nitrogens is 4. The number of nitrogens with one attached hydrogen (secondary N) is 2. The molecule has 3 aromatic carbocycles. The summed E-state index contributed by atoms with van der Waals surface area (Å²) in [6, 6.07) is 21.4. The number of nitrogens with zero attached hydrogens (tertiary/aromatic N) is 6. The Morgan fingerprint density at radius 1 is 0.820 bits per heavy atom. The van der Waals surface area contributed by atoms with E-state index >= 15 is 0 Å². The van der Waals surface area contributed by atoms with Gasteiger partial charge in [0.25, 0.3) is 11.8 Å². The number of hydrogen-bond acceptors (Lipinski definition) is 11. The van der Waals surface area contributed by atoms with Crippen molar-refractivity contribution in [3.8, 4) is 22.8 Å². The molecule has 0 bridgehead atoms. The van der Waals surface area contributed by atoms with Crippen LogP contribution in [0, 0.1) is 0 Å². The van der Waals surface area contributed by atoms with Crippen molar-refractivity contribution in [1.82, 2.24) is 34.9 Å². The third kappa shape index (κ3) is 9.25. The molecule has 316 valence electrons. The number of likely N-dealkylation sites (tertiary alicyclic amines) is 1. The topological polar surface area (TPSA) is 195 Å². The van der Waals surface area contributed by atoms with Crippen molar-refractivity contribution in [2.45, 2.75) is 95.6 Å². The second-order valence-corrected chi connectivity index (χ2v) is 16.0. The number of hydrogen-bond donors (Lipinski definition) is 3. The van der Waals surface area contributed by atoms with Gasteiger partial charge < -0.3 is 20.7 Å². The Bertz CT molecular complexity index is 2420. The minimum atomic E-state index is -0.974. The van der Waals surface area contributed by atoms with Gasteiger partial charge in [-0.3, -0.25) is 34.2 Å². The van der Waals surface area contributed by atoms with Crippen LogP contribution in [0.1, 0.15) is 110 Å². The summed E-state index contributed by atoms with van der Waals surface area (Å²) in [5, 5.41) is 11.3. The van der Waals surface area contributed by atoms with Gasteiger partial charge in [-0.05, 0) is 86.7 Å². The molecule has 0 radical (unpaired) electrons. The summed E-state index contributed by atoms with van der Waals surface area (Å²) in [6.45, 7) is 2.05. The molecule has 8 rings (SSSR count). The molecule has 3 aliphatic heterocycles. The molecule has 0 aliphatic carbocycles. The molecule has 2 aromatic heterocycles. The summed E-state index contributed by atoms with van der Waals surface area (Å²) in [4.78, 5) is 75.1. The SMILES string of the molecule is Nc1ncnc2c1c(-c1ccc(Oc3ccccc3)cc1)nn2C1CCCN(C(=O)CCCCCCCCCCNc2ccc3c(c2)C(=O)N(C2CCC(=O)NC2=O)C3=O)C1. The van der Waals surface area contributed by atoms with E-state index < -0.39 is 29.7 Å². The second kappa shape index (κ2) is 18.7. The number of para-hydroxylation sites is 1. The van der Waals surface area contributed by atoms with Crippen molar-refractivity contribution in [2.75, 3.05) is 30.7 Å². The number of piperidine rings is 2. The molecular weight excluding hydrogens is 775 g/mol. The molecule has 3 aliphatic rings. The van der Waals surface area contributed by atoms with Crippen LogP contribution in [0.25, 0.3) is 22.3 Å². The van der Waals surface area contributed by atoms with Gasteiger partial charge in [0.1, 0.15) is 35.4 Å². The fourth-order valence-corrected chi connectivity index (χ4v) is 8.57. The number of carbonyl (C=O) groups excluding carboxylic acids is 5. The number of carbonyl (C=O) groups is 5. The van der Waals surface area contributed by atoms with Crippen LogP contribution in [-0.4, -0.2) is 84.8 Å². The first-order chi connectivity index (χ1) is 29.7. The Morgan fingerprint density at radius 2 is 1.54 bits per heavy atom. The number of nitrogen functional groups attached to an aromatic ring is 1. The molecule has 4 N–H and O–H groups in total. The Labute approximate surface area is 354 Å². The summed E-state index contributed by atoms with van der Waals surface area (Å²) in [6.07, 6.45) is 12.4. The molecule has 2 unspecified atom stereocenters. The zero-order valence-corrected chi connectivity index (χ0v) is 34.2. The van der Waals surface area contributed by atoms with Gasteiger partial charge in [0.2, 0.25) is 17.7 Å². The molecule has 15 nitrogen and oxygen atoms in total. The molecule has 61 heavy (non-hydrogen) atoms. The normalized spacial score (nSPS) is 17.8. The molecule has 2 fully saturated rings. The number of imide groups is 2. The highest BCUT2D eigenvalue weighted by molar-refractivity contribution is 6.23. The lowest BCUT2D eigenvalue weighted by molar-refractivity contribution is -0.136. The quantitative estimate of drug-likeness (QED) is 0.0642. The van der Waals surface area contributed by atoms with Gasteiger partial charge in [0.05, 0.1) is 22.6 Å². The molecule has 5 amide bonds. The number of rotatable bonds is 17. The number of fused-ring (bicyclic) bond motifs is 2. The van der Waals surface area contributed by atoms with Gasteiger partial charge in [-0.15, -0.1) is 0 Å². The van der Waals surface area contributed by atoms with Crippen LogP contribution in [0.15, 0.2) is 79.1 Å². The van der Waals surface area contributed by atoms with Crippen molar-refractivity contribution in [2.24, 2.45) is 0 Å². The van der Waals surface area contributed by atoms with Crippen LogP contribution < -0.4 is 21.1 Å². The monoisotopic (exact) mass is 825 g/mol. The van der Waals surface area contributed by atoms with Gasteiger partial charge in [-0.25, -0.2) is 14.6 Å². The minimum absolute atomic E-state index is 0.0276. The standard InChI is InChI=1S/C46H51N9O6/c47-42-40-41(30-17-20-34(21-18-30)61-33-14-8-7-9-15-33)52-55(43(40)50-29-49-42)32-13-12-26-53(28-32)39(57)16-10-5-3-1-2-4-6-11-25-48-31-19-22-35-36(27-31)46(60)54(45(35)59)37-23-24-38(56)51-44(37)58/h7-9,14-15,17-22,27,29,32,37,48H,1-6,10-13,16,23-26,28H2,(H2,47,49,50)(H,51,56,58). The largest absolute Gasteiger partial charge is 0.457 e. The third-order valence-electron chi connectivity index (χ3n) is 11.8. The van der Waals surface area contributed by atoms with E-state index in [1.807, 2.05) is 64.2 Å². The maximum atomic E-state index is 13.4. The summed E-state index contributed by atoms with van der Waals surface area (Å²) in [5.41, 5.74) is 9.95. The van der Waals surface area contributed by atoms with E-state index in [4.69, 9.17) is 15.6 Å². The third-order valence-corrected chi connectivity index (χ3v) is 11.8. The number of amides is 5. The fourth-order valence-electron chi connectivity index (χ4n) is 8.57. The number of benzene rings is 3. The van der Waals surface area contributed by atoms with Gasteiger partial charge >= 0.3 is 0 Å². The fraction of sp³-hybridized carbons (Fsp3) is 0.391. The van der Waals surface area contributed by atoms with Crippen molar-refractivity contribution in [3.05, 3.63) is 90.3 Å². The van der Waals surface area contributed by atoms with Crippen molar-refractivity contribution >= 4 is 52.1 Å². The zero-order chi connectivity index (χ0) is 42.3. The van der Waals surface area contributed by atoms with Crippen molar-refractivity contribution in [1.29, 1.82) is 0 Å². The molecule has 5 aromatic rings. The molecule has 2 saturated heterocycles. The first kappa shape index (κ1) is 41.1. The van der Waals surface area contributed by atoms with Crippen LogP contribution in [0.2, 0.25) is 0 Å². The molecular formula is C46H51N9O6.